The number of nitrogens with zero attached hydrogens (tertiary/aromatic N) is 2. The van der Waals surface area contributed by atoms with E-state index in [0.29, 0.717) is 16.2 Å². The second-order valence-corrected chi connectivity index (χ2v) is 5.73. The van der Waals surface area contributed by atoms with Gasteiger partial charge in [-0.3, -0.25) is 0 Å². The molecule has 3 nitrogen and oxygen atoms in total. The van der Waals surface area contributed by atoms with Crippen molar-refractivity contribution >= 4 is 10.9 Å². The molecule has 1 aliphatic rings. The van der Waals surface area contributed by atoms with Crippen LogP contribution >= 0.6 is 0 Å². The van der Waals surface area contributed by atoms with Gasteiger partial charge in [-0.15, -0.1) is 0 Å². The van der Waals surface area contributed by atoms with E-state index in [0.717, 1.165) is 18.2 Å². The molecule has 0 unspecified atom stereocenters. The summed E-state index contributed by atoms with van der Waals surface area (Å²) in [6.45, 7) is -5.76. The lowest BCUT2D eigenvalue weighted by molar-refractivity contribution is 0.171. The van der Waals surface area contributed by atoms with E-state index in [1.807, 2.05) is 0 Å². The van der Waals surface area contributed by atoms with Crippen molar-refractivity contribution in [1.82, 2.24) is 9.47 Å². The maximum Gasteiger partial charge on any atom is 0.120 e. The average Bonchev–Trinajstić information content (AvgIpc) is 3.19. The van der Waals surface area contributed by atoms with Crippen molar-refractivity contribution in [3.05, 3.63) is 30.5 Å². The molecule has 108 valence electrons. The molecular weight excluding hydrogens is 248 g/mol. The molecule has 1 saturated carbocycles. The van der Waals surface area contributed by atoms with Crippen molar-refractivity contribution in [2.24, 2.45) is 0 Å². The Hall–Kier alpha value is -1.48. The van der Waals surface area contributed by atoms with Crippen molar-refractivity contribution in [3.63, 3.8) is 0 Å². The molecule has 2 aromatic rings. The van der Waals surface area contributed by atoms with E-state index >= 15 is 0 Å². The summed E-state index contributed by atoms with van der Waals surface area (Å²) in [4.78, 5) is 0.295. The molecular formula is C17H24N2O. The summed E-state index contributed by atoms with van der Waals surface area (Å²) in [6, 6.07) is 6.96. The normalized spacial score (nSPS) is 23.9. The van der Waals surface area contributed by atoms with Gasteiger partial charge in [0.05, 0.1) is 8.85 Å². The molecule has 0 aliphatic heterocycles. The molecule has 0 amide bonds. The molecule has 3 rings (SSSR count). The molecule has 1 aromatic heterocycles. The lowest BCUT2D eigenvalue weighted by Crippen LogP contribution is -2.41. The maximum atomic E-state index is 8.69. The van der Waals surface area contributed by atoms with Crippen LogP contribution in [0.3, 0.4) is 0 Å². The van der Waals surface area contributed by atoms with Crippen LogP contribution in [0.2, 0.25) is 0 Å². The summed E-state index contributed by atoms with van der Waals surface area (Å²) in [7, 11) is 0. The highest BCUT2D eigenvalue weighted by molar-refractivity contribution is 5.81. The second-order valence-electron chi connectivity index (χ2n) is 5.73. The van der Waals surface area contributed by atoms with Crippen molar-refractivity contribution < 1.29 is 15.7 Å². The molecule has 0 atom stereocenters. The number of hydrogen-bond donors (Lipinski definition) is 0. The third-order valence-corrected chi connectivity index (χ3v) is 3.44. The van der Waals surface area contributed by atoms with Gasteiger partial charge in [-0.05, 0) is 64.9 Å². The van der Waals surface area contributed by atoms with E-state index in [1.54, 1.807) is 24.3 Å². The van der Waals surface area contributed by atoms with Crippen LogP contribution in [0.15, 0.2) is 30.5 Å². The minimum Gasteiger partial charge on any atom is -0.490 e. The predicted octanol–water partition coefficient (Wildman–Crippen LogP) is 3.52. The van der Waals surface area contributed by atoms with Crippen LogP contribution in [-0.2, 0) is 6.50 Å². The van der Waals surface area contributed by atoms with Crippen LogP contribution in [0.5, 0.6) is 5.75 Å². The monoisotopic (exact) mass is 280 g/mol. The van der Waals surface area contributed by atoms with Gasteiger partial charge in [-0.25, -0.2) is 0 Å². The highest BCUT2D eigenvalue weighted by Gasteiger charge is 2.24. The zero-order chi connectivity index (χ0) is 21.1. The molecule has 0 radical (unpaired) electrons. The minimum atomic E-state index is -3.00. The first-order chi connectivity index (χ1) is 12.7. The van der Waals surface area contributed by atoms with E-state index in [1.165, 1.54) is 24.6 Å². The van der Waals surface area contributed by atoms with Crippen molar-refractivity contribution in [1.29, 1.82) is 0 Å². The fourth-order valence-electron chi connectivity index (χ4n) is 2.01. The summed E-state index contributed by atoms with van der Waals surface area (Å²) < 4.78 is 70.5. The minimum absolute atomic E-state index is 0.233. The molecule has 3 heteroatoms. The van der Waals surface area contributed by atoms with Crippen molar-refractivity contribution in [2.45, 2.75) is 44.8 Å². The fraction of sp³-hybridized carbons (Fsp3) is 0.529. The first kappa shape index (κ1) is 6.99. The summed E-state index contributed by atoms with van der Waals surface area (Å²) >= 11 is 0. The molecule has 0 spiro atoms. The Balaban J connectivity index is 2.05. The van der Waals surface area contributed by atoms with Crippen LogP contribution in [0.1, 0.15) is 37.7 Å². The lowest BCUT2D eigenvalue weighted by atomic mass is 10.0. The largest absolute Gasteiger partial charge is 0.490 e. The van der Waals surface area contributed by atoms with Gasteiger partial charge in [0, 0.05) is 37.4 Å². The summed E-state index contributed by atoms with van der Waals surface area (Å²) in [5.74, 6) is 0.694. The zero-order valence-corrected chi connectivity index (χ0v) is 11.7. The maximum absolute atomic E-state index is 8.69. The van der Waals surface area contributed by atoms with Gasteiger partial charge in [0.25, 0.3) is 0 Å². The smallest absolute Gasteiger partial charge is 0.120 e. The van der Waals surface area contributed by atoms with Crippen molar-refractivity contribution in [3.8, 4) is 5.75 Å². The number of rotatable bonds is 5. The van der Waals surface area contributed by atoms with Gasteiger partial charge in [0.2, 0.25) is 0 Å². The number of fused-ring (bicyclic) bond motifs is 1. The molecule has 1 aliphatic carbocycles. The molecule has 1 fully saturated rings. The van der Waals surface area contributed by atoms with Crippen molar-refractivity contribution in [2.75, 3.05) is 14.0 Å². The van der Waals surface area contributed by atoms with Crippen LogP contribution in [0, 0.1) is 0 Å². The highest BCUT2D eigenvalue weighted by Crippen LogP contribution is 2.29. The Morgan fingerprint density at radius 1 is 1.40 bits per heavy atom. The van der Waals surface area contributed by atoms with Gasteiger partial charge in [0.1, 0.15) is 5.75 Å². The van der Waals surface area contributed by atoms with E-state index < -0.39 is 26.0 Å². The Morgan fingerprint density at radius 2 is 2.20 bits per heavy atom. The van der Waals surface area contributed by atoms with Gasteiger partial charge in [-0.2, -0.15) is 0 Å². The quantitative estimate of drug-likeness (QED) is 0.833. The van der Waals surface area contributed by atoms with Gasteiger partial charge in [0.15, 0.2) is 0 Å². The zero-order valence-electron chi connectivity index (χ0n) is 19.7. The first-order valence-corrected chi connectivity index (χ1v) is 6.74. The fourth-order valence-corrected chi connectivity index (χ4v) is 2.01. The molecule has 0 bridgehead atoms. The lowest BCUT2D eigenvalue weighted by Gasteiger charge is -2.33. The molecule has 20 heavy (non-hydrogen) atoms. The Bertz CT molecular complexity index is 850. The molecule has 0 saturated heterocycles. The molecule has 1 aromatic carbocycles. The van der Waals surface area contributed by atoms with Gasteiger partial charge in [-0.1, -0.05) is 0 Å². The van der Waals surface area contributed by atoms with Crippen LogP contribution in [-0.4, -0.2) is 35.1 Å². The number of aromatic nitrogens is 1. The van der Waals surface area contributed by atoms with Gasteiger partial charge >= 0.3 is 0 Å². The number of likely N-dealkylation sites (N-methyl/N-ethyl adjacent to an activating group) is 1. The number of ether oxygens (including phenoxy) is 1. The SMILES string of the molecule is [2H]C([2H])([2H])N(C([2H])([2H])[2H])C(C)(C)C([2H])([2H])n1ccc2cc(OC3CC3)ccc21. The van der Waals surface area contributed by atoms with Crippen LogP contribution < -0.4 is 4.74 Å². The summed E-state index contributed by atoms with van der Waals surface area (Å²) in [5.41, 5.74) is -1.35. The third kappa shape index (κ3) is 2.68. The standard InChI is InChI=1S/C17H24N2O/c1-17(2,18(3)4)12-19-10-9-13-11-15(7-8-16(13)19)20-14-5-6-14/h7-11,14H,5-6,12H2,1-4H3/i3D3,4D3,12D2. The topological polar surface area (TPSA) is 17.4 Å². The van der Waals surface area contributed by atoms with E-state index in [9.17, 15) is 0 Å². The summed E-state index contributed by atoms with van der Waals surface area (Å²) in [5, 5.41) is 0.729. The molecule has 1 heterocycles. The van der Waals surface area contributed by atoms with E-state index in [4.69, 9.17) is 15.7 Å². The highest BCUT2D eigenvalue weighted by atomic mass is 16.5. The second kappa shape index (κ2) is 4.81. The predicted molar refractivity (Wildman–Crippen MR) is 83.4 cm³/mol. The average molecular weight is 280 g/mol. The molecule has 0 N–H and O–H groups in total. The first-order valence-electron chi connectivity index (χ1n) is 10.7. The Kier molecular flexibility index (Phi) is 1.68. The number of hydrogen-bond acceptors (Lipinski definition) is 2. The third-order valence-electron chi connectivity index (χ3n) is 3.44. The number of benzene rings is 1. The van der Waals surface area contributed by atoms with Crippen LogP contribution in [0.25, 0.3) is 10.9 Å². The Labute approximate surface area is 132 Å². The van der Waals surface area contributed by atoms with E-state index in [2.05, 4.69) is 0 Å². The Morgan fingerprint density at radius 3 is 2.90 bits per heavy atom. The van der Waals surface area contributed by atoms with Gasteiger partial charge < -0.3 is 14.2 Å². The van der Waals surface area contributed by atoms with E-state index in [-0.39, 0.29) is 6.10 Å². The summed E-state index contributed by atoms with van der Waals surface area (Å²) in [6.07, 6.45) is 3.79. The van der Waals surface area contributed by atoms with Crippen LogP contribution in [0.4, 0.5) is 0 Å².